The smallest absolute Gasteiger partial charge is 0.394 e. The Morgan fingerprint density at radius 2 is 1.81 bits per heavy atom. The molecule has 1 aliphatic heterocycles. The van der Waals surface area contributed by atoms with E-state index < -0.39 is 10.9 Å². The highest BCUT2D eigenvalue weighted by Gasteiger charge is 2.58. The molecule has 0 amide bonds. The van der Waals surface area contributed by atoms with Crippen LogP contribution >= 0.6 is 11.8 Å². The van der Waals surface area contributed by atoms with Crippen molar-refractivity contribution in [2.45, 2.75) is 17.3 Å². The normalized spacial score (nSPS) is 25.6. The number of hydrogen-bond acceptors (Lipinski definition) is 2. The van der Waals surface area contributed by atoms with Crippen LogP contribution in [0.3, 0.4) is 0 Å². The summed E-state index contributed by atoms with van der Waals surface area (Å²) >= 11 is 0.687. The molecule has 0 saturated carbocycles. The summed E-state index contributed by atoms with van der Waals surface area (Å²) in [7, 11) is 0. The van der Waals surface area contributed by atoms with Crippen LogP contribution < -0.4 is 5.73 Å². The van der Waals surface area contributed by atoms with E-state index in [1.165, 1.54) is 18.2 Å². The number of halogens is 3. The lowest BCUT2D eigenvalue weighted by atomic mass is 9.94. The van der Waals surface area contributed by atoms with Gasteiger partial charge in [-0.05, 0) is 12.0 Å². The summed E-state index contributed by atoms with van der Waals surface area (Å²) in [6.45, 7) is 0. The average Bonchev–Trinajstić information content (AvgIpc) is 2.62. The molecule has 1 heterocycles. The number of hydrogen-bond donors (Lipinski definition) is 1. The first kappa shape index (κ1) is 11.4. The van der Waals surface area contributed by atoms with Crippen molar-refractivity contribution < 1.29 is 13.2 Å². The van der Waals surface area contributed by atoms with Gasteiger partial charge in [0.2, 0.25) is 0 Å². The second-order valence-corrected chi connectivity index (χ2v) is 4.98. The van der Waals surface area contributed by atoms with Gasteiger partial charge in [-0.25, -0.2) is 0 Å². The fourth-order valence-corrected chi connectivity index (χ4v) is 2.86. The zero-order valence-electron chi connectivity index (χ0n) is 8.29. The second-order valence-electron chi connectivity index (χ2n) is 3.60. The Hall–Kier alpha value is -1.10. The van der Waals surface area contributed by atoms with Crippen molar-refractivity contribution in [3.63, 3.8) is 0 Å². The van der Waals surface area contributed by atoms with Crippen molar-refractivity contribution >= 4 is 11.8 Å². The van der Waals surface area contributed by atoms with Crippen LogP contribution in [0.15, 0.2) is 41.4 Å². The van der Waals surface area contributed by atoms with E-state index in [4.69, 9.17) is 5.73 Å². The van der Waals surface area contributed by atoms with Crippen LogP contribution in [0.5, 0.6) is 0 Å². The summed E-state index contributed by atoms with van der Waals surface area (Å²) in [6, 6.07) is 7.90. The van der Waals surface area contributed by atoms with E-state index in [0.717, 1.165) is 0 Å². The van der Waals surface area contributed by atoms with Crippen molar-refractivity contribution in [2.24, 2.45) is 5.73 Å². The first-order chi connectivity index (χ1) is 7.46. The Labute approximate surface area is 95.5 Å². The molecule has 0 fully saturated rings. The van der Waals surface area contributed by atoms with Gasteiger partial charge in [-0.15, -0.1) is 0 Å². The maximum absolute atomic E-state index is 13.2. The lowest BCUT2D eigenvalue weighted by molar-refractivity contribution is -0.160. The summed E-state index contributed by atoms with van der Waals surface area (Å²) < 4.78 is 37.6. The molecule has 1 atom stereocenters. The molecule has 86 valence electrons. The van der Waals surface area contributed by atoms with Crippen LogP contribution in [0.25, 0.3) is 0 Å². The van der Waals surface area contributed by atoms with Crippen LogP contribution in [-0.4, -0.2) is 6.18 Å². The minimum atomic E-state index is -4.31. The Morgan fingerprint density at radius 1 is 1.19 bits per heavy atom. The van der Waals surface area contributed by atoms with Crippen molar-refractivity contribution in [2.75, 3.05) is 0 Å². The number of allylic oxidation sites excluding steroid dienone is 1. The molecule has 1 aromatic rings. The molecule has 0 saturated heterocycles. The number of thioether (sulfide) groups is 1. The summed E-state index contributed by atoms with van der Waals surface area (Å²) in [4.78, 5) is 0. The van der Waals surface area contributed by atoms with E-state index in [-0.39, 0.29) is 17.0 Å². The van der Waals surface area contributed by atoms with E-state index in [1.807, 2.05) is 0 Å². The zero-order chi connectivity index (χ0) is 11.8. The van der Waals surface area contributed by atoms with Gasteiger partial charge in [0.15, 0.2) is 0 Å². The topological polar surface area (TPSA) is 26.0 Å². The molecule has 16 heavy (non-hydrogen) atoms. The van der Waals surface area contributed by atoms with Gasteiger partial charge in [-0.1, -0.05) is 48.2 Å². The highest BCUT2D eigenvalue weighted by Crippen LogP contribution is 2.57. The summed E-state index contributed by atoms with van der Waals surface area (Å²) in [5.41, 5.74) is 5.72. The largest absolute Gasteiger partial charge is 0.407 e. The minimum absolute atomic E-state index is 0.100. The quantitative estimate of drug-likeness (QED) is 0.820. The molecule has 0 spiro atoms. The Morgan fingerprint density at radius 3 is 2.25 bits per heavy atom. The molecule has 0 bridgehead atoms. The summed E-state index contributed by atoms with van der Waals surface area (Å²) in [6.07, 6.45) is -2.97. The predicted octanol–water partition coefficient (Wildman–Crippen LogP) is 3.38. The van der Waals surface area contributed by atoms with Gasteiger partial charge in [0.1, 0.15) is 4.75 Å². The average molecular weight is 245 g/mol. The standard InChI is InChI=1S/C11H10F3NS/c12-11(13,14)10(7-6-9(15)16-10)8-4-2-1-3-5-8/h1-6H,7,15H2. The molecule has 2 N–H and O–H groups in total. The first-order valence-corrected chi connectivity index (χ1v) is 5.54. The Bertz CT molecular complexity index is 413. The summed E-state index contributed by atoms with van der Waals surface area (Å²) in [5, 5.41) is 0.237. The fraction of sp³-hybridized carbons (Fsp3) is 0.273. The van der Waals surface area contributed by atoms with Crippen molar-refractivity contribution in [1.29, 1.82) is 0 Å². The van der Waals surface area contributed by atoms with E-state index in [2.05, 4.69) is 0 Å². The van der Waals surface area contributed by atoms with E-state index in [1.54, 1.807) is 18.2 Å². The molecular formula is C11H10F3NS. The van der Waals surface area contributed by atoms with Gasteiger partial charge in [0.05, 0.1) is 5.03 Å². The van der Waals surface area contributed by atoms with Gasteiger partial charge >= 0.3 is 6.18 Å². The lowest BCUT2D eigenvalue weighted by Crippen LogP contribution is -2.37. The monoisotopic (exact) mass is 245 g/mol. The van der Waals surface area contributed by atoms with Crippen molar-refractivity contribution in [3.8, 4) is 0 Å². The van der Waals surface area contributed by atoms with Crippen LogP contribution in [0, 0.1) is 0 Å². The third-order valence-corrected chi connectivity index (χ3v) is 3.97. The molecule has 1 nitrogen and oxygen atoms in total. The molecule has 1 aromatic carbocycles. The molecule has 1 unspecified atom stereocenters. The fourth-order valence-electron chi connectivity index (χ4n) is 1.75. The maximum atomic E-state index is 13.2. The number of benzene rings is 1. The molecule has 0 aromatic heterocycles. The molecule has 0 aliphatic carbocycles. The summed E-state index contributed by atoms with van der Waals surface area (Å²) in [5.74, 6) is 0. The third kappa shape index (κ3) is 1.69. The minimum Gasteiger partial charge on any atom is -0.394 e. The number of nitrogens with two attached hydrogens (primary N) is 1. The molecule has 0 radical (unpaired) electrons. The van der Waals surface area contributed by atoms with Crippen LogP contribution in [-0.2, 0) is 4.75 Å². The number of rotatable bonds is 1. The first-order valence-electron chi connectivity index (χ1n) is 4.73. The van der Waals surface area contributed by atoms with Gasteiger partial charge in [0, 0.05) is 0 Å². The molecule has 5 heteroatoms. The highest BCUT2D eigenvalue weighted by molar-refractivity contribution is 8.04. The Kier molecular flexibility index (Phi) is 2.66. The van der Waals surface area contributed by atoms with E-state index in [9.17, 15) is 13.2 Å². The van der Waals surface area contributed by atoms with Gasteiger partial charge in [-0.2, -0.15) is 13.2 Å². The van der Waals surface area contributed by atoms with Gasteiger partial charge < -0.3 is 5.73 Å². The second kappa shape index (κ2) is 3.73. The Balaban J connectivity index is 2.46. The van der Waals surface area contributed by atoms with E-state index >= 15 is 0 Å². The number of alkyl halides is 3. The van der Waals surface area contributed by atoms with Gasteiger partial charge in [0.25, 0.3) is 0 Å². The third-order valence-electron chi connectivity index (χ3n) is 2.58. The maximum Gasteiger partial charge on any atom is 0.407 e. The highest BCUT2D eigenvalue weighted by atomic mass is 32.2. The van der Waals surface area contributed by atoms with Crippen LogP contribution in [0.1, 0.15) is 12.0 Å². The predicted molar refractivity (Wildman–Crippen MR) is 58.7 cm³/mol. The molecular weight excluding hydrogens is 235 g/mol. The van der Waals surface area contributed by atoms with Gasteiger partial charge in [-0.3, -0.25) is 0 Å². The van der Waals surface area contributed by atoms with Crippen LogP contribution in [0.4, 0.5) is 13.2 Å². The zero-order valence-corrected chi connectivity index (χ0v) is 9.11. The van der Waals surface area contributed by atoms with Crippen molar-refractivity contribution in [1.82, 2.24) is 0 Å². The SMILES string of the molecule is NC1=CCC(c2ccccc2)(C(F)(F)F)S1. The van der Waals surface area contributed by atoms with E-state index in [0.29, 0.717) is 11.8 Å². The van der Waals surface area contributed by atoms with Crippen LogP contribution in [0.2, 0.25) is 0 Å². The van der Waals surface area contributed by atoms with Crippen molar-refractivity contribution in [3.05, 3.63) is 47.0 Å². The molecule has 2 rings (SSSR count). The lowest BCUT2D eigenvalue weighted by Gasteiger charge is -2.31. The molecule has 1 aliphatic rings.